The minimum Gasteiger partial charge on any atom is -0.427 e. The standard InChI is InChI=1S/C4H6N2O4/c5-6-3(7)10-4-8-1-2-9-4/h1-2,4H,5H2,(H,6,7). The van der Waals surface area contributed by atoms with Gasteiger partial charge in [0, 0.05) is 0 Å². The summed E-state index contributed by atoms with van der Waals surface area (Å²) in [6, 6.07) is 0. The summed E-state index contributed by atoms with van der Waals surface area (Å²) in [5, 5.41) is 0. The smallest absolute Gasteiger partial charge is 0.427 e. The first kappa shape index (κ1) is 6.69. The zero-order valence-electron chi connectivity index (χ0n) is 4.94. The monoisotopic (exact) mass is 146 g/mol. The van der Waals surface area contributed by atoms with Gasteiger partial charge in [0.05, 0.1) is 0 Å². The Morgan fingerprint density at radius 3 is 2.70 bits per heavy atom. The fourth-order valence-corrected chi connectivity index (χ4v) is 0.401. The maximum Gasteiger partial charge on any atom is 0.427 e. The first-order valence-electron chi connectivity index (χ1n) is 2.46. The lowest BCUT2D eigenvalue weighted by molar-refractivity contribution is -0.182. The molecule has 0 spiro atoms. The van der Waals surface area contributed by atoms with E-state index in [0.29, 0.717) is 0 Å². The summed E-state index contributed by atoms with van der Waals surface area (Å²) in [4.78, 5) is 10.3. The van der Waals surface area contributed by atoms with E-state index in [9.17, 15) is 4.79 Å². The van der Waals surface area contributed by atoms with E-state index in [0.717, 1.165) is 0 Å². The van der Waals surface area contributed by atoms with Crippen molar-refractivity contribution in [3.8, 4) is 0 Å². The van der Waals surface area contributed by atoms with Crippen molar-refractivity contribution in [3.05, 3.63) is 12.5 Å². The van der Waals surface area contributed by atoms with Crippen LogP contribution in [0.2, 0.25) is 0 Å². The van der Waals surface area contributed by atoms with Crippen molar-refractivity contribution in [2.24, 2.45) is 5.84 Å². The highest BCUT2D eigenvalue weighted by Gasteiger charge is 2.16. The van der Waals surface area contributed by atoms with E-state index < -0.39 is 12.6 Å². The van der Waals surface area contributed by atoms with Gasteiger partial charge in [-0.25, -0.2) is 10.6 Å². The summed E-state index contributed by atoms with van der Waals surface area (Å²) in [6.07, 6.45) is 1.71. The van der Waals surface area contributed by atoms with Crippen LogP contribution in [0.4, 0.5) is 4.79 Å². The van der Waals surface area contributed by atoms with Gasteiger partial charge in [-0.1, -0.05) is 0 Å². The number of hydrazine groups is 1. The van der Waals surface area contributed by atoms with Crippen LogP contribution in [0, 0.1) is 0 Å². The molecule has 0 fully saturated rings. The highest BCUT2D eigenvalue weighted by atomic mass is 16.9. The van der Waals surface area contributed by atoms with E-state index in [1.165, 1.54) is 12.5 Å². The molecule has 0 saturated carbocycles. The Balaban J connectivity index is 2.19. The van der Waals surface area contributed by atoms with Gasteiger partial charge in [-0.3, -0.25) is 5.43 Å². The predicted octanol–water partition coefficient (Wildman–Crippen LogP) is -0.612. The van der Waals surface area contributed by atoms with Crippen LogP contribution in [-0.4, -0.2) is 12.6 Å². The lowest BCUT2D eigenvalue weighted by Gasteiger charge is -2.08. The van der Waals surface area contributed by atoms with E-state index >= 15 is 0 Å². The van der Waals surface area contributed by atoms with E-state index in [4.69, 9.17) is 5.84 Å². The van der Waals surface area contributed by atoms with Crippen molar-refractivity contribution < 1.29 is 19.0 Å². The molecule has 0 radical (unpaired) electrons. The van der Waals surface area contributed by atoms with Crippen molar-refractivity contribution in [2.75, 3.05) is 0 Å². The van der Waals surface area contributed by atoms with E-state index in [-0.39, 0.29) is 0 Å². The molecule has 0 atom stereocenters. The Kier molecular flexibility index (Phi) is 1.96. The molecule has 1 amide bonds. The molecule has 0 aromatic carbocycles. The molecule has 1 rings (SSSR count). The highest BCUT2D eigenvalue weighted by molar-refractivity contribution is 5.66. The number of amides is 1. The number of ether oxygens (including phenoxy) is 3. The van der Waals surface area contributed by atoms with Crippen molar-refractivity contribution in [1.29, 1.82) is 0 Å². The SMILES string of the molecule is NNC(=O)OC1OC=CO1. The topological polar surface area (TPSA) is 82.8 Å². The number of nitrogens with one attached hydrogen (secondary N) is 1. The van der Waals surface area contributed by atoms with Crippen LogP contribution in [0.5, 0.6) is 0 Å². The van der Waals surface area contributed by atoms with Crippen molar-refractivity contribution >= 4 is 6.09 Å². The molecule has 1 aliphatic rings. The van der Waals surface area contributed by atoms with Gasteiger partial charge in [0.2, 0.25) is 0 Å². The maximum absolute atomic E-state index is 10.3. The van der Waals surface area contributed by atoms with E-state index in [2.05, 4.69) is 14.2 Å². The third-order valence-electron chi connectivity index (χ3n) is 0.756. The molecule has 0 aromatic heterocycles. The molecule has 10 heavy (non-hydrogen) atoms. The molecule has 6 nitrogen and oxygen atoms in total. The molecule has 0 saturated heterocycles. The number of hydrogen-bond acceptors (Lipinski definition) is 5. The van der Waals surface area contributed by atoms with Crippen LogP contribution in [0.3, 0.4) is 0 Å². The summed E-state index contributed by atoms with van der Waals surface area (Å²) in [7, 11) is 0. The quantitative estimate of drug-likeness (QED) is 0.293. The summed E-state index contributed by atoms with van der Waals surface area (Å²) < 4.78 is 13.5. The summed E-state index contributed by atoms with van der Waals surface area (Å²) in [6.45, 7) is -1.01. The van der Waals surface area contributed by atoms with Crippen LogP contribution in [0.15, 0.2) is 12.5 Å². The highest BCUT2D eigenvalue weighted by Crippen LogP contribution is 2.05. The molecule has 3 N–H and O–H groups in total. The number of nitrogens with two attached hydrogens (primary N) is 1. The minimum atomic E-state index is -1.01. The summed E-state index contributed by atoms with van der Waals surface area (Å²) in [5.41, 5.74) is 1.74. The lowest BCUT2D eigenvalue weighted by Crippen LogP contribution is -2.34. The molecule has 0 unspecified atom stereocenters. The van der Waals surface area contributed by atoms with Crippen LogP contribution in [-0.2, 0) is 14.2 Å². The molecule has 56 valence electrons. The van der Waals surface area contributed by atoms with Gasteiger partial charge in [-0.2, -0.15) is 0 Å². The zero-order chi connectivity index (χ0) is 7.40. The fraction of sp³-hybridized carbons (Fsp3) is 0.250. The minimum absolute atomic E-state index is 0.811. The van der Waals surface area contributed by atoms with Gasteiger partial charge in [0.15, 0.2) is 0 Å². The number of hydrogen-bond donors (Lipinski definition) is 2. The molecular formula is C4H6N2O4. The van der Waals surface area contributed by atoms with E-state index in [1.807, 2.05) is 0 Å². The van der Waals surface area contributed by atoms with Crippen LogP contribution < -0.4 is 11.3 Å². The van der Waals surface area contributed by atoms with Gasteiger partial charge in [0.25, 0.3) is 0 Å². The van der Waals surface area contributed by atoms with Gasteiger partial charge in [-0.05, 0) is 0 Å². The Morgan fingerprint density at radius 1 is 1.60 bits per heavy atom. The summed E-state index contributed by atoms with van der Waals surface area (Å²) in [5.74, 6) is 4.69. The van der Waals surface area contributed by atoms with Crippen LogP contribution >= 0.6 is 0 Å². The molecule has 6 heteroatoms. The van der Waals surface area contributed by atoms with Crippen LogP contribution in [0.25, 0.3) is 0 Å². The van der Waals surface area contributed by atoms with Gasteiger partial charge >= 0.3 is 12.6 Å². The largest absolute Gasteiger partial charge is 0.427 e. The first-order valence-corrected chi connectivity index (χ1v) is 2.46. The average Bonchev–Trinajstić information content (AvgIpc) is 2.40. The zero-order valence-corrected chi connectivity index (χ0v) is 4.94. The van der Waals surface area contributed by atoms with Gasteiger partial charge in [-0.15, -0.1) is 0 Å². The van der Waals surface area contributed by atoms with Crippen molar-refractivity contribution in [3.63, 3.8) is 0 Å². The molecule has 1 heterocycles. The van der Waals surface area contributed by atoms with E-state index in [1.54, 1.807) is 5.43 Å². The number of carbonyl (C=O) groups excluding carboxylic acids is 1. The Bertz CT molecular complexity index is 149. The Morgan fingerprint density at radius 2 is 2.20 bits per heavy atom. The molecule has 0 aliphatic carbocycles. The second-order valence-electron chi connectivity index (χ2n) is 1.38. The number of carbonyl (C=O) groups is 1. The van der Waals surface area contributed by atoms with Gasteiger partial charge < -0.3 is 14.2 Å². The second-order valence-corrected chi connectivity index (χ2v) is 1.38. The van der Waals surface area contributed by atoms with Crippen LogP contribution in [0.1, 0.15) is 0 Å². The second kappa shape index (κ2) is 2.92. The maximum atomic E-state index is 10.3. The van der Waals surface area contributed by atoms with Crippen molar-refractivity contribution in [1.82, 2.24) is 5.43 Å². The molecule has 0 bridgehead atoms. The average molecular weight is 146 g/mol. The normalized spacial score (nSPS) is 15.7. The molecule has 0 aromatic rings. The van der Waals surface area contributed by atoms with Crippen molar-refractivity contribution in [2.45, 2.75) is 6.48 Å². The first-order chi connectivity index (χ1) is 4.83. The predicted molar refractivity (Wildman–Crippen MR) is 28.9 cm³/mol. The molecular weight excluding hydrogens is 140 g/mol. The Labute approximate surface area is 56.5 Å². The molecule has 1 aliphatic heterocycles. The third kappa shape index (κ3) is 1.52. The number of rotatable bonds is 1. The summed E-state index contributed by atoms with van der Waals surface area (Å²) >= 11 is 0. The Hall–Kier alpha value is -1.43. The fourth-order valence-electron chi connectivity index (χ4n) is 0.401. The van der Waals surface area contributed by atoms with Gasteiger partial charge in [0.1, 0.15) is 12.5 Å². The lowest BCUT2D eigenvalue weighted by atomic mass is 11.1. The third-order valence-corrected chi connectivity index (χ3v) is 0.756.